The van der Waals surface area contributed by atoms with E-state index in [1.807, 2.05) is 19.9 Å². The van der Waals surface area contributed by atoms with Gasteiger partial charge in [-0.05, 0) is 23.6 Å². The fraction of sp³-hybridized carbons (Fsp3) is 0.462. The molecule has 1 atom stereocenters. The first kappa shape index (κ1) is 13.7. The van der Waals surface area contributed by atoms with E-state index in [1.54, 1.807) is 24.3 Å². The standard InChI is InChI=1S/C13H17NO2S/c1-3-11(2)9-17(15,16)10-13-6-4-12(8-14)5-7-13/h4-7,11H,3,9-10H2,1-2H3. The molecule has 4 heteroatoms. The van der Waals surface area contributed by atoms with Crippen molar-refractivity contribution in [2.75, 3.05) is 5.75 Å². The maximum atomic E-state index is 11.9. The molecule has 0 aliphatic carbocycles. The van der Waals surface area contributed by atoms with Gasteiger partial charge in [-0.3, -0.25) is 0 Å². The largest absolute Gasteiger partial charge is 0.228 e. The molecule has 0 radical (unpaired) electrons. The van der Waals surface area contributed by atoms with Gasteiger partial charge in [0.05, 0.1) is 23.1 Å². The van der Waals surface area contributed by atoms with Gasteiger partial charge in [-0.1, -0.05) is 32.4 Å². The van der Waals surface area contributed by atoms with Gasteiger partial charge < -0.3 is 0 Å². The predicted octanol–water partition coefficient (Wildman–Crippen LogP) is 2.52. The summed E-state index contributed by atoms with van der Waals surface area (Å²) >= 11 is 0. The summed E-state index contributed by atoms with van der Waals surface area (Å²) in [5, 5.41) is 8.64. The lowest BCUT2D eigenvalue weighted by molar-refractivity contribution is 0.563. The lowest BCUT2D eigenvalue weighted by atomic mass is 10.2. The van der Waals surface area contributed by atoms with Gasteiger partial charge in [-0.15, -0.1) is 0 Å². The highest BCUT2D eigenvalue weighted by molar-refractivity contribution is 7.90. The van der Waals surface area contributed by atoms with Gasteiger partial charge in [0.2, 0.25) is 0 Å². The minimum absolute atomic E-state index is 0.0586. The van der Waals surface area contributed by atoms with Gasteiger partial charge in [-0.2, -0.15) is 5.26 Å². The number of benzene rings is 1. The van der Waals surface area contributed by atoms with Crippen LogP contribution in [0.5, 0.6) is 0 Å². The van der Waals surface area contributed by atoms with Crippen LogP contribution in [0.3, 0.4) is 0 Å². The van der Waals surface area contributed by atoms with Crippen LogP contribution in [-0.4, -0.2) is 14.2 Å². The van der Waals surface area contributed by atoms with Crippen LogP contribution in [0.25, 0.3) is 0 Å². The fourth-order valence-electron chi connectivity index (χ4n) is 1.54. The molecule has 1 unspecified atom stereocenters. The van der Waals surface area contributed by atoms with Gasteiger partial charge in [0.25, 0.3) is 0 Å². The molecule has 17 heavy (non-hydrogen) atoms. The molecule has 3 nitrogen and oxygen atoms in total. The first-order valence-electron chi connectivity index (χ1n) is 5.66. The van der Waals surface area contributed by atoms with Crippen LogP contribution in [0.15, 0.2) is 24.3 Å². The van der Waals surface area contributed by atoms with Crippen molar-refractivity contribution in [3.8, 4) is 6.07 Å². The molecule has 0 spiro atoms. The first-order valence-corrected chi connectivity index (χ1v) is 7.48. The Morgan fingerprint density at radius 2 is 1.88 bits per heavy atom. The van der Waals surface area contributed by atoms with Crippen molar-refractivity contribution in [3.63, 3.8) is 0 Å². The van der Waals surface area contributed by atoms with Crippen molar-refractivity contribution in [1.29, 1.82) is 5.26 Å². The number of sulfone groups is 1. The maximum Gasteiger partial charge on any atom is 0.154 e. The Kier molecular flexibility index (Phi) is 4.71. The Balaban J connectivity index is 2.73. The Bertz CT molecular complexity index is 497. The molecule has 0 saturated heterocycles. The summed E-state index contributed by atoms with van der Waals surface area (Å²) in [6, 6.07) is 8.70. The zero-order valence-electron chi connectivity index (χ0n) is 10.2. The number of nitrogens with zero attached hydrogens (tertiary/aromatic N) is 1. The normalized spacial score (nSPS) is 13.0. The van der Waals surface area contributed by atoms with Crippen molar-refractivity contribution >= 4 is 9.84 Å². The molecule has 0 aromatic heterocycles. The molecule has 0 saturated carbocycles. The molecule has 0 N–H and O–H groups in total. The summed E-state index contributed by atoms with van der Waals surface area (Å²) in [6.07, 6.45) is 0.868. The van der Waals surface area contributed by atoms with Crippen LogP contribution in [0.2, 0.25) is 0 Å². The van der Waals surface area contributed by atoms with E-state index in [1.165, 1.54) is 0 Å². The van der Waals surface area contributed by atoms with Gasteiger partial charge in [0.1, 0.15) is 0 Å². The summed E-state index contributed by atoms with van der Waals surface area (Å²) in [4.78, 5) is 0. The third kappa shape index (κ3) is 4.58. The van der Waals surface area contributed by atoms with Crippen molar-refractivity contribution in [2.45, 2.75) is 26.0 Å². The van der Waals surface area contributed by atoms with Gasteiger partial charge in [-0.25, -0.2) is 8.42 Å². The monoisotopic (exact) mass is 251 g/mol. The quantitative estimate of drug-likeness (QED) is 0.808. The molecule has 0 heterocycles. The molecule has 0 bridgehead atoms. The van der Waals surface area contributed by atoms with E-state index >= 15 is 0 Å². The molecule has 0 aliphatic heterocycles. The molecular formula is C13H17NO2S. The van der Waals surface area contributed by atoms with E-state index in [0.717, 1.165) is 12.0 Å². The van der Waals surface area contributed by atoms with Crippen LogP contribution < -0.4 is 0 Å². The van der Waals surface area contributed by atoms with Gasteiger partial charge in [0.15, 0.2) is 9.84 Å². The van der Waals surface area contributed by atoms with Crippen molar-refractivity contribution in [1.82, 2.24) is 0 Å². The minimum atomic E-state index is -3.05. The van der Waals surface area contributed by atoms with E-state index in [2.05, 4.69) is 0 Å². The van der Waals surface area contributed by atoms with Gasteiger partial charge in [0, 0.05) is 0 Å². The van der Waals surface area contributed by atoms with Crippen LogP contribution in [-0.2, 0) is 15.6 Å². The topological polar surface area (TPSA) is 57.9 Å². The Morgan fingerprint density at radius 3 is 2.35 bits per heavy atom. The molecule has 0 amide bonds. The molecule has 1 rings (SSSR count). The molecule has 1 aromatic rings. The van der Waals surface area contributed by atoms with Crippen LogP contribution in [0.1, 0.15) is 31.4 Å². The van der Waals surface area contributed by atoms with Crippen molar-refractivity contribution in [3.05, 3.63) is 35.4 Å². The molecular weight excluding hydrogens is 234 g/mol. The maximum absolute atomic E-state index is 11.9. The lowest BCUT2D eigenvalue weighted by Gasteiger charge is -2.09. The third-order valence-electron chi connectivity index (χ3n) is 2.70. The average molecular weight is 251 g/mol. The highest BCUT2D eigenvalue weighted by Gasteiger charge is 2.15. The first-order chi connectivity index (χ1) is 7.96. The van der Waals surface area contributed by atoms with Crippen molar-refractivity contribution < 1.29 is 8.42 Å². The van der Waals surface area contributed by atoms with E-state index in [4.69, 9.17) is 5.26 Å². The summed E-state index contributed by atoms with van der Waals surface area (Å²) in [6.45, 7) is 3.93. The molecule has 1 aromatic carbocycles. The van der Waals surface area contributed by atoms with E-state index in [0.29, 0.717) is 5.56 Å². The zero-order valence-corrected chi connectivity index (χ0v) is 11.0. The Morgan fingerprint density at radius 1 is 1.29 bits per heavy atom. The number of nitriles is 1. The molecule has 0 aliphatic rings. The lowest BCUT2D eigenvalue weighted by Crippen LogP contribution is -2.15. The summed E-state index contributed by atoms with van der Waals surface area (Å²) in [7, 11) is -3.05. The van der Waals surface area contributed by atoms with E-state index in [9.17, 15) is 8.42 Å². The third-order valence-corrected chi connectivity index (χ3v) is 4.56. The van der Waals surface area contributed by atoms with Crippen LogP contribution >= 0.6 is 0 Å². The highest BCUT2D eigenvalue weighted by Crippen LogP contribution is 2.12. The second-order valence-corrected chi connectivity index (χ2v) is 6.49. The Hall–Kier alpha value is -1.34. The second-order valence-electron chi connectivity index (χ2n) is 4.38. The fourth-order valence-corrected chi connectivity index (χ4v) is 3.46. The highest BCUT2D eigenvalue weighted by atomic mass is 32.2. The number of hydrogen-bond acceptors (Lipinski definition) is 3. The van der Waals surface area contributed by atoms with Crippen LogP contribution in [0, 0.1) is 17.2 Å². The summed E-state index contributed by atoms with van der Waals surface area (Å²) in [5.74, 6) is 0.477. The number of hydrogen-bond donors (Lipinski definition) is 0. The minimum Gasteiger partial charge on any atom is -0.228 e. The smallest absolute Gasteiger partial charge is 0.154 e. The summed E-state index contributed by atoms with van der Waals surface area (Å²) < 4.78 is 23.7. The van der Waals surface area contributed by atoms with Gasteiger partial charge >= 0.3 is 0 Å². The molecule has 0 fully saturated rings. The van der Waals surface area contributed by atoms with E-state index in [-0.39, 0.29) is 17.4 Å². The zero-order chi connectivity index (χ0) is 12.9. The summed E-state index contributed by atoms with van der Waals surface area (Å²) in [5.41, 5.74) is 1.29. The average Bonchev–Trinajstić information content (AvgIpc) is 2.28. The predicted molar refractivity (Wildman–Crippen MR) is 68.1 cm³/mol. The van der Waals surface area contributed by atoms with E-state index < -0.39 is 9.84 Å². The number of rotatable bonds is 5. The Labute approximate surface area is 103 Å². The SMILES string of the molecule is CCC(C)CS(=O)(=O)Cc1ccc(C#N)cc1. The second kappa shape index (κ2) is 5.83. The van der Waals surface area contributed by atoms with Crippen LogP contribution in [0.4, 0.5) is 0 Å². The molecule has 92 valence electrons. The van der Waals surface area contributed by atoms with Crippen molar-refractivity contribution in [2.24, 2.45) is 5.92 Å².